The van der Waals surface area contributed by atoms with E-state index in [4.69, 9.17) is 9.11 Å². The molecule has 12 N–H and O–H groups in total. The summed E-state index contributed by atoms with van der Waals surface area (Å²) in [6.07, 6.45) is 3.53. The van der Waals surface area contributed by atoms with Crippen LogP contribution in [-0.4, -0.2) is 143 Å². The Hall–Kier alpha value is -5.44. The van der Waals surface area contributed by atoms with Crippen molar-refractivity contribution in [2.75, 3.05) is 82.8 Å². The Morgan fingerprint density at radius 1 is 0.516 bits per heavy atom. The van der Waals surface area contributed by atoms with Crippen molar-refractivity contribution >= 4 is 99.7 Å². The number of aliphatic hydroxyl groups excluding tert-OH is 2. The molecule has 4 rings (SSSR count). The van der Waals surface area contributed by atoms with Crippen molar-refractivity contribution in [1.82, 2.24) is 29.9 Å². The lowest BCUT2D eigenvalue weighted by Gasteiger charge is -2.15. The van der Waals surface area contributed by atoms with Gasteiger partial charge < -0.3 is 42.1 Å². The van der Waals surface area contributed by atoms with Crippen molar-refractivity contribution in [2.24, 2.45) is 11.8 Å². The molecular weight excluding hydrogens is 929 g/mol. The molecule has 2 unspecified atom stereocenters. The Kier molecular flexibility index (Phi) is 18.0. The number of rotatable bonds is 26. The predicted octanol–water partition coefficient (Wildman–Crippen LogP) is 1.67. The van der Waals surface area contributed by atoms with E-state index in [0.717, 1.165) is 24.3 Å². The van der Waals surface area contributed by atoms with E-state index in [1.54, 1.807) is 0 Å². The van der Waals surface area contributed by atoms with Gasteiger partial charge in [0.05, 0.1) is 11.5 Å². The van der Waals surface area contributed by atoms with Crippen molar-refractivity contribution < 1.29 is 62.1 Å². The highest BCUT2D eigenvalue weighted by molar-refractivity contribution is 7.86. The fourth-order valence-electron chi connectivity index (χ4n) is 5.29. The van der Waals surface area contributed by atoms with Gasteiger partial charge in [0.15, 0.2) is 0 Å². The first kappa shape index (κ1) is 51.2. The molecule has 352 valence electrons. The Morgan fingerprint density at radius 2 is 0.844 bits per heavy atom. The van der Waals surface area contributed by atoms with Crippen LogP contribution in [0.25, 0.3) is 12.2 Å². The molecule has 0 radical (unpaired) electrons. The van der Waals surface area contributed by atoms with E-state index in [2.05, 4.69) is 61.8 Å². The average molecular weight is 977 g/mol. The van der Waals surface area contributed by atoms with Gasteiger partial charge >= 0.3 is 0 Å². The Balaban J connectivity index is 1.65. The van der Waals surface area contributed by atoms with Crippen LogP contribution in [0.5, 0.6) is 0 Å². The Morgan fingerprint density at radius 3 is 1.14 bits per heavy atom. The number of benzene rings is 2. The van der Waals surface area contributed by atoms with Gasteiger partial charge in [0.25, 0.3) is 40.5 Å². The summed E-state index contributed by atoms with van der Waals surface area (Å²) in [4.78, 5) is 23.8. The standard InChI is InChI=1S/C34H48N12O14S4/c1-3-21(19-47)17-37-31-41-29(35-11-13-61(49,50)51)43-33(45-31)39-25-9-7-23(27(15-25)63(55,56)57)5-6-24-8-10-26(16-28(24)64(58,59)60)40-34-44-30(36-12-14-62(52,53)54)42-32(46-34)38-18-22(4-2)20-48/h5-10,15-16,21-22,47-48H,3-4,11-14,17-20H2,1-2H3,(H,49,50,51)(H,52,53,54)(H,55,56,57)(H,58,59,60)(H3,35,37,39,41,43,45)(H3,36,38,40,42,44,46)/b6-5+. The number of nitrogens with one attached hydrogen (secondary N) is 6. The van der Waals surface area contributed by atoms with Crippen LogP contribution in [-0.2, 0) is 40.5 Å². The second kappa shape index (κ2) is 22.5. The second-order valence-electron chi connectivity index (χ2n) is 13.8. The molecule has 0 saturated carbocycles. The molecule has 0 aliphatic rings. The molecule has 2 heterocycles. The predicted molar refractivity (Wildman–Crippen MR) is 236 cm³/mol. The molecule has 26 nitrogen and oxygen atoms in total. The maximum absolute atomic E-state index is 12.6. The molecule has 2 atom stereocenters. The summed E-state index contributed by atoms with van der Waals surface area (Å²) in [5, 5.41) is 35.8. The molecule has 2 aromatic carbocycles. The average Bonchev–Trinajstić information content (AvgIpc) is 3.19. The summed E-state index contributed by atoms with van der Waals surface area (Å²) in [6, 6.07) is 7.26. The molecule has 30 heteroatoms. The van der Waals surface area contributed by atoms with Gasteiger partial charge in [0, 0.05) is 50.8 Å². The first-order valence-corrected chi connectivity index (χ1v) is 25.1. The Labute approximate surface area is 368 Å². The van der Waals surface area contributed by atoms with Crippen LogP contribution in [0.2, 0.25) is 0 Å². The van der Waals surface area contributed by atoms with Gasteiger partial charge in [0.2, 0.25) is 35.7 Å². The van der Waals surface area contributed by atoms with Crippen molar-refractivity contribution in [3.63, 3.8) is 0 Å². The minimum atomic E-state index is -4.97. The summed E-state index contributed by atoms with van der Waals surface area (Å²) < 4.78 is 134. The van der Waals surface area contributed by atoms with Crippen LogP contribution >= 0.6 is 0 Å². The van der Waals surface area contributed by atoms with Gasteiger partial charge in [-0.2, -0.15) is 63.6 Å². The molecule has 0 fully saturated rings. The number of aromatic nitrogens is 6. The SMILES string of the molecule is CCC(CO)CNc1nc(NCCS(=O)(=O)O)nc(Nc2ccc(/C=C/c3ccc(Nc4nc(NCCS(=O)(=O)O)nc(NCC(CC)CO)n4)cc3S(=O)(=O)O)c(S(=O)(=O)O)c2)n1. The summed E-state index contributed by atoms with van der Waals surface area (Å²) >= 11 is 0. The van der Waals surface area contributed by atoms with E-state index in [-0.39, 0.29) is 109 Å². The largest absolute Gasteiger partial charge is 0.396 e. The van der Waals surface area contributed by atoms with Gasteiger partial charge in [-0.25, -0.2) is 0 Å². The lowest BCUT2D eigenvalue weighted by Crippen LogP contribution is -2.20. The molecule has 2 aromatic heterocycles. The first-order valence-electron chi connectivity index (χ1n) is 19.0. The Bertz CT molecular complexity index is 2540. The highest BCUT2D eigenvalue weighted by Crippen LogP contribution is 2.28. The minimum absolute atomic E-state index is 0.0194. The summed E-state index contributed by atoms with van der Waals surface area (Å²) in [5.41, 5.74) is -0.229. The maximum Gasteiger partial charge on any atom is 0.295 e. The van der Waals surface area contributed by atoms with Crippen LogP contribution in [0.4, 0.5) is 47.1 Å². The number of nitrogens with zero attached hydrogens (tertiary/aromatic N) is 6. The lowest BCUT2D eigenvalue weighted by atomic mass is 10.1. The van der Waals surface area contributed by atoms with E-state index in [0.29, 0.717) is 12.8 Å². The van der Waals surface area contributed by atoms with E-state index in [1.807, 2.05) is 13.8 Å². The van der Waals surface area contributed by atoms with E-state index in [1.165, 1.54) is 24.3 Å². The third kappa shape index (κ3) is 16.9. The highest BCUT2D eigenvalue weighted by atomic mass is 32.2. The van der Waals surface area contributed by atoms with Crippen LogP contribution in [0.3, 0.4) is 0 Å². The molecule has 4 aromatic rings. The fraction of sp³-hybridized carbons (Fsp3) is 0.412. The molecule has 0 amide bonds. The number of anilines is 8. The monoisotopic (exact) mass is 976 g/mol. The molecular formula is C34H48N12O14S4. The van der Waals surface area contributed by atoms with Gasteiger partial charge in [0.1, 0.15) is 9.79 Å². The topological polar surface area (TPSA) is 407 Å². The molecule has 0 saturated heterocycles. The quantitative estimate of drug-likeness (QED) is 0.0314. The van der Waals surface area contributed by atoms with E-state index >= 15 is 0 Å². The molecule has 0 aliphatic heterocycles. The van der Waals surface area contributed by atoms with Gasteiger partial charge in [-0.1, -0.05) is 38.1 Å². The normalized spacial score (nSPS) is 13.3. The van der Waals surface area contributed by atoms with E-state index < -0.39 is 61.8 Å². The fourth-order valence-corrected chi connectivity index (χ4v) is 7.43. The highest BCUT2D eigenvalue weighted by Gasteiger charge is 2.20. The van der Waals surface area contributed by atoms with E-state index in [9.17, 15) is 53.0 Å². The van der Waals surface area contributed by atoms with Crippen LogP contribution in [0.15, 0.2) is 46.2 Å². The third-order valence-corrected chi connectivity index (χ3v) is 12.1. The molecule has 0 spiro atoms. The summed E-state index contributed by atoms with van der Waals surface area (Å²) in [6.45, 7) is 3.31. The summed E-state index contributed by atoms with van der Waals surface area (Å²) in [5.74, 6) is -2.38. The molecule has 64 heavy (non-hydrogen) atoms. The first-order chi connectivity index (χ1) is 30.0. The third-order valence-electron chi connectivity index (χ3n) is 8.86. The van der Waals surface area contributed by atoms with Crippen molar-refractivity contribution in [1.29, 1.82) is 0 Å². The van der Waals surface area contributed by atoms with Crippen LogP contribution in [0, 0.1) is 11.8 Å². The number of hydrogen-bond acceptors (Lipinski definition) is 22. The summed E-state index contributed by atoms with van der Waals surface area (Å²) in [7, 11) is -18.6. The maximum atomic E-state index is 12.6. The number of aliphatic hydroxyl groups is 2. The molecule has 0 aliphatic carbocycles. The zero-order valence-electron chi connectivity index (χ0n) is 34.1. The zero-order valence-corrected chi connectivity index (χ0v) is 37.4. The van der Waals surface area contributed by atoms with Gasteiger partial charge in [-0.05, 0) is 60.1 Å². The van der Waals surface area contributed by atoms with Gasteiger partial charge in [-0.3, -0.25) is 18.2 Å². The lowest BCUT2D eigenvalue weighted by molar-refractivity contribution is 0.229. The molecule has 0 bridgehead atoms. The van der Waals surface area contributed by atoms with Crippen LogP contribution in [0.1, 0.15) is 37.8 Å². The van der Waals surface area contributed by atoms with Crippen LogP contribution < -0.4 is 31.9 Å². The van der Waals surface area contributed by atoms with Crippen molar-refractivity contribution in [3.05, 3.63) is 47.5 Å². The van der Waals surface area contributed by atoms with Crippen molar-refractivity contribution in [2.45, 2.75) is 36.5 Å². The zero-order chi connectivity index (χ0) is 47.3. The minimum Gasteiger partial charge on any atom is -0.396 e. The smallest absolute Gasteiger partial charge is 0.295 e. The number of hydrogen-bond donors (Lipinski definition) is 12. The van der Waals surface area contributed by atoms with Crippen molar-refractivity contribution in [3.8, 4) is 0 Å². The van der Waals surface area contributed by atoms with Gasteiger partial charge in [-0.15, -0.1) is 0 Å². The second-order valence-corrected chi connectivity index (χ2v) is 19.7.